The second-order valence-corrected chi connectivity index (χ2v) is 7.39. The molecule has 6 nitrogen and oxygen atoms in total. The maximum absolute atomic E-state index is 11.9. The van der Waals surface area contributed by atoms with Crippen molar-refractivity contribution < 1.29 is 9.59 Å². The van der Waals surface area contributed by atoms with Crippen LogP contribution in [-0.2, 0) is 0 Å². The van der Waals surface area contributed by atoms with Gasteiger partial charge < -0.3 is 0 Å². The van der Waals surface area contributed by atoms with Crippen LogP contribution in [0.3, 0.4) is 0 Å². The molecule has 2 fully saturated rings. The molecule has 0 atom stereocenters. The lowest BCUT2D eigenvalue weighted by molar-refractivity contribution is 0.140. The molecule has 10 heteroatoms. The van der Waals surface area contributed by atoms with E-state index in [2.05, 4.69) is 25.6 Å². The average molecular weight is 355 g/mol. The molecule has 0 unspecified atom stereocenters. The van der Waals surface area contributed by atoms with Crippen LogP contribution in [0.4, 0.5) is 9.59 Å². The van der Waals surface area contributed by atoms with Gasteiger partial charge in [-0.05, 0) is 51.3 Å². The van der Waals surface area contributed by atoms with E-state index in [0.717, 1.165) is 73.5 Å². The monoisotopic (exact) mass is 354 g/mol. The van der Waals surface area contributed by atoms with E-state index in [0.29, 0.717) is 0 Å². The Labute approximate surface area is 138 Å². The minimum absolute atomic E-state index is 0.253. The van der Waals surface area contributed by atoms with Crippen molar-refractivity contribution in [1.29, 1.82) is 0 Å². The van der Waals surface area contributed by atoms with Crippen molar-refractivity contribution in [1.82, 2.24) is 18.8 Å². The van der Waals surface area contributed by atoms with Crippen molar-refractivity contribution in [2.75, 3.05) is 26.2 Å². The Bertz CT molecular complexity index is 327. The summed E-state index contributed by atoms with van der Waals surface area (Å²) in [5, 5.41) is 3.25. The first-order valence-corrected chi connectivity index (χ1v) is 9.45. The summed E-state index contributed by atoms with van der Waals surface area (Å²) in [4.78, 5) is 23.8. The number of carbonyl (C=O) groups is 2. The van der Waals surface area contributed by atoms with E-state index >= 15 is 0 Å². The lowest BCUT2D eigenvalue weighted by Gasteiger charge is -2.26. The number of amides is 2. The normalized spacial score (nSPS) is 20.3. The van der Waals surface area contributed by atoms with E-state index in [1.165, 1.54) is 8.83 Å². The molecule has 0 radical (unpaired) electrons. The summed E-state index contributed by atoms with van der Waals surface area (Å²) < 4.78 is 2.60. The van der Waals surface area contributed by atoms with E-state index < -0.39 is 0 Å². The number of hydrogen-bond donors (Lipinski definition) is 2. The molecule has 20 heavy (non-hydrogen) atoms. The minimum atomic E-state index is -0.253. The number of hydrogen-bond acceptors (Lipinski definition) is 8. The number of nitrogens with zero attached hydrogens (tertiary/aromatic N) is 4. The maximum Gasteiger partial charge on any atom is 0.317 e. The molecule has 0 spiro atoms. The van der Waals surface area contributed by atoms with Crippen LogP contribution in [0.2, 0.25) is 0 Å². The van der Waals surface area contributed by atoms with Gasteiger partial charge in [0.1, 0.15) is 0 Å². The second-order valence-electron chi connectivity index (χ2n) is 4.60. The van der Waals surface area contributed by atoms with Crippen molar-refractivity contribution in [2.24, 2.45) is 0 Å². The molecule has 0 aliphatic carbocycles. The minimum Gasteiger partial charge on any atom is -0.258 e. The molecule has 0 aromatic carbocycles. The fourth-order valence-electron chi connectivity index (χ4n) is 2.15. The van der Waals surface area contributed by atoms with E-state index in [-0.39, 0.29) is 10.5 Å². The predicted octanol–water partition coefficient (Wildman–Crippen LogP) is 2.92. The molecule has 0 N–H and O–H groups in total. The van der Waals surface area contributed by atoms with Crippen molar-refractivity contribution in [2.45, 2.75) is 25.7 Å². The third kappa shape index (κ3) is 4.38. The second kappa shape index (κ2) is 8.04. The van der Waals surface area contributed by atoms with E-state index in [1.807, 2.05) is 10.0 Å². The van der Waals surface area contributed by atoms with Gasteiger partial charge in [0.05, 0.1) is 0 Å². The zero-order valence-corrected chi connectivity index (χ0v) is 14.4. The molecule has 2 rings (SSSR count). The highest BCUT2D eigenvalue weighted by Gasteiger charge is 2.26. The fraction of sp³-hybridized carbons (Fsp3) is 0.800. The van der Waals surface area contributed by atoms with Gasteiger partial charge in [-0.15, -0.1) is 0 Å². The van der Waals surface area contributed by atoms with Gasteiger partial charge in [-0.1, -0.05) is 0 Å². The van der Waals surface area contributed by atoms with Crippen LogP contribution in [0.25, 0.3) is 0 Å². The lowest BCUT2D eigenvalue weighted by Crippen LogP contribution is -2.37. The quantitative estimate of drug-likeness (QED) is 0.587. The summed E-state index contributed by atoms with van der Waals surface area (Å²) in [7, 11) is 1.77. The standard InChI is InChI=1S/C10H18N4O2S4/c15-9(13(17)11-5-1-2-6-11)19-20-10(16)14(18)12-7-3-4-8-12/h17-18H,1-8H2. The lowest BCUT2D eigenvalue weighted by atomic mass is 10.4. The van der Waals surface area contributed by atoms with Crippen molar-refractivity contribution in [3.63, 3.8) is 0 Å². The topological polar surface area (TPSA) is 47.1 Å². The fourth-order valence-corrected chi connectivity index (χ4v) is 4.44. The summed E-state index contributed by atoms with van der Waals surface area (Å²) in [5.74, 6) is 0. The Morgan fingerprint density at radius 2 is 1.05 bits per heavy atom. The van der Waals surface area contributed by atoms with E-state index in [1.54, 1.807) is 0 Å². The Hall–Kier alpha value is 0.260. The molecule has 114 valence electrons. The van der Waals surface area contributed by atoms with Gasteiger partial charge in [-0.2, -0.15) is 0 Å². The Morgan fingerprint density at radius 1 is 0.750 bits per heavy atom. The highest BCUT2D eigenvalue weighted by Crippen LogP contribution is 2.31. The molecule has 2 aliphatic rings. The molecule has 0 bridgehead atoms. The summed E-state index contributed by atoms with van der Waals surface area (Å²) >= 11 is 8.37. The highest BCUT2D eigenvalue weighted by atomic mass is 33.1. The van der Waals surface area contributed by atoms with Crippen molar-refractivity contribution >= 4 is 57.7 Å². The number of hydrazine groups is 2. The number of rotatable bonds is 2. The zero-order valence-electron chi connectivity index (χ0n) is 11.0. The molecule has 2 amide bonds. The first-order valence-electron chi connectivity index (χ1n) is 6.50. The molecule has 0 aromatic heterocycles. The van der Waals surface area contributed by atoms with Gasteiger partial charge in [0.15, 0.2) is 0 Å². The SMILES string of the molecule is O=C(SSC(=O)N(S)N1CCCC1)N(S)N1CCCC1. The predicted molar refractivity (Wildman–Crippen MR) is 89.2 cm³/mol. The van der Waals surface area contributed by atoms with Crippen LogP contribution >= 0.6 is 47.2 Å². The first kappa shape index (κ1) is 16.6. The third-order valence-corrected chi connectivity index (χ3v) is 6.17. The van der Waals surface area contributed by atoms with Crippen LogP contribution in [-0.4, -0.2) is 55.5 Å². The maximum atomic E-state index is 11.9. The highest BCUT2D eigenvalue weighted by molar-refractivity contribution is 8.87. The third-order valence-electron chi connectivity index (χ3n) is 3.21. The van der Waals surface area contributed by atoms with Gasteiger partial charge in [-0.3, -0.25) is 9.59 Å². The van der Waals surface area contributed by atoms with Crippen LogP contribution in [0.1, 0.15) is 25.7 Å². The first-order chi connectivity index (χ1) is 9.59. The molecule has 0 aromatic rings. The molecule has 2 heterocycles. The summed E-state index contributed by atoms with van der Waals surface area (Å²) in [6.07, 6.45) is 4.28. The number of carbonyl (C=O) groups excluding carboxylic acids is 2. The van der Waals surface area contributed by atoms with Gasteiger partial charge in [0, 0.05) is 47.8 Å². The zero-order chi connectivity index (χ0) is 14.5. The molecule has 0 saturated carbocycles. The van der Waals surface area contributed by atoms with Crippen LogP contribution < -0.4 is 0 Å². The molecule has 2 aliphatic heterocycles. The van der Waals surface area contributed by atoms with Gasteiger partial charge in [0.2, 0.25) is 0 Å². The molecule has 2 saturated heterocycles. The number of thiol groups is 2. The van der Waals surface area contributed by atoms with Crippen LogP contribution in [0.5, 0.6) is 0 Å². The van der Waals surface area contributed by atoms with E-state index in [9.17, 15) is 9.59 Å². The summed E-state index contributed by atoms with van der Waals surface area (Å²) in [5.41, 5.74) is 0. The Kier molecular flexibility index (Phi) is 6.69. The smallest absolute Gasteiger partial charge is 0.258 e. The molecular weight excluding hydrogens is 336 g/mol. The summed E-state index contributed by atoms with van der Waals surface area (Å²) in [6.45, 7) is 3.34. The molecular formula is C10H18N4O2S4. The van der Waals surface area contributed by atoms with Gasteiger partial charge in [-0.25, -0.2) is 18.8 Å². The van der Waals surface area contributed by atoms with Crippen molar-refractivity contribution in [3.8, 4) is 0 Å². The van der Waals surface area contributed by atoms with Gasteiger partial charge in [0.25, 0.3) is 0 Å². The Balaban J connectivity index is 1.73. The van der Waals surface area contributed by atoms with E-state index in [4.69, 9.17) is 0 Å². The van der Waals surface area contributed by atoms with Crippen LogP contribution in [0, 0.1) is 0 Å². The van der Waals surface area contributed by atoms with Crippen LogP contribution in [0.15, 0.2) is 0 Å². The van der Waals surface area contributed by atoms with Gasteiger partial charge >= 0.3 is 10.5 Å². The Morgan fingerprint density at radius 3 is 1.35 bits per heavy atom. The average Bonchev–Trinajstić information content (AvgIpc) is 3.14. The van der Waals surface area contributed by atoms with Crippen molar-refractivity contribution in [3.05, 3.63) is 0 Å². The largest absolute Gasteiger partial charge is 0.317 e. The summed E-state index contributed by atoms with van der Waals surface area (Å²) in [6, 6.07) is 0.